The van der Waals surface area contributed by atoms with Crippen molar-refractivity contribution in [2.45, 2.75) is 25.9 Å². The van der Waals surface area contributed by atoms with Gasteiger partial charge in [0.05, 0.1) is 5.69 Å². The minimum absolute atomic E-state index is 0.000864. The number of nitrogens with one attached hydrogen (secondary N) is 1. The van der Waals surface area contributed by atoms with Gasteiger partial charge < -0.3 is 15.0 Å². The Bertz CT molecular complexity index is 898. The number of benzene rings is 2. The zero-order chi connectivity index (χ0) is 19.8. The first-order valence-electron chi connectivity index (χ1n) is 8.23. The molecular formula is C19H17ClF2N2O3. The van der Waals surface area contributed by atoms with Crippen LogP contribution in [-0.4, -0.2) is 24.0 Å². The predicted molar refractivity (Wildman–Crippen MR) is 98.1 cm³/mol. The molecule has 0 unspecified atom stereocenters. The van der Waals surface area contributed by atoms with Gasteiger partial charge in [0, 0.05) is 18.0 Å². The van der Waals surface area contributed by atoms with E-state index in [0.29, 0.717) is 16.5 Å². The fourth-order valence-electron chi connectivity index (χ4n) is 2.80. The molecule has 0 fully saturated rings. The van der Waals surface area contributed by atoms with Crippen LogP contribution in [0.5, 0.6) is 5.75 Å². The van der Waals surface area contributed by atoms with Crippen LogP contribution in [0.2, 0.25) is 5.02 Å². The minimum atomic E-state index is -1.12. The molecule has 0 saturated carbocycles. The summed E-state index contributed by atoms with van der Waals surface area (Å²) in [6.45, 7) is 3.24. The smallest absolute Gasteiger partial charge is 0.270 e. The van der Waals surface area contributed by atoms with Crippen molar-refractivity contribution < 1.29 is 23.1 Å². The van der Waals surface area contributed by atoms with E-state index in [1.807, 2.05) is 0 Å². The van der Waals surface area contributed by atoms with E-state index in [4.69, 9.17) is 16.3 Å². The van der Waals surface area contributed by atoms with Gasteiger partial charge >= 0.3 is 0 Å². The number of halogens is 3. The van der Waals surface area contributed by atoms with Gasteiger partial charge in [-0.3, -0.25) is 9.59 Å². The van der Waals surface area contributed by atoms with Crippen LogP contribution in [0.4, 0.5) is 20.2 Å². The summed E-state index contributed by atoms with van der Waals surface area (Å²) < 4.78 is 33.0. The maximum absolute atomic E-state index is 13.7. The summed E-state index contributed by atoms with van der Waals surface area (Å²) in [5.74, 6) is -2.25. The van der Waals surface area contributed by atoms with E-state index in [1.165, 1.54) is 11.0 Å². The Labute approximate surface area is 159 Å². The molecule has 1 heterocycles. The average molecular weight is 395 g/mol. The summed E-state index contributed by atoms with van der Waals surface area (Å²) in [6.07, 6.45) is -0.165. The highest BCUT2D eigenvalue weighted by Crippen LogP contribution is 2.39. The minimum Gasteiger partial charge on any atom is -0.476 e. The van der Waals surface area contributed by atoms with Gasteiger partial charge in [0.15, 0.2) is 5.60 Å². The lowest BCUT2D eigenvalue weighted by Gasteiger charge is -2.38. The quantitative estimate of drug-likeness (QED) is 0.847. The van der Waals surface area contributed by atoms with Crippen molar-refractivity contribution >= 4 is 34.8 Å². The molecule has 0 aromatic heterocycles. The SMILES string of the molecule is CC1(C)Oc2ccc(Cl)cc2N(CCC(=O)Nc2c(F)cccc2F)C1=O. The molecule has 0 radical (unpaired) electrons. The average Bonchev–Trinajstić information content (AvgIpc) is 2.59. The summed E-state index contributed by atoms with van der Waals surface area (Å²) in [7, 11) is 0. The van der Waals surface area contributed by atoms with Crippen LogP contribution in [0, 0.1) is 11.6 Å². The fraction of sp³-hybridized carbons (Fsp3) is 0.263. The highest BCUT2D eigenvalue weighted by molar-refractivity contribution is 6.31. The number of hydrogen-bond donors (Lipinski definition) is 1. The predicted octanol–water partition coefficient (Wildman–Crippen LogP) is 4.15. The van der Waals surface area contributed by atoms with Crippen molar-refractivity contribution in [1.29, 1.82) is 0 Å². The molecule has 0 atom stereocenters. The highest BCUT2D eigenvalue weighted by Gasteiger charge is 2.40. The number of carbonyl (C=O) groups is 2. The number of anilines is 2. The molecule has 2 aromatic carbocycles. The van der Waals surface area contributed by atoms with E-state index in [2.05, 4.69) is 5.32 Å². The molecule has 1 aliphatic heterocycles. The second-order valence-corrected chi connectivity index (χ2v) is 7.01. The van der Waals surface area contributed by atoms with Crippen molar-refractivity contribution in [2.24, 2.45) is 0 Å². The first kappa shape index (κ1) is 19.1. The van der Waals surface area contributed by atoms with Gasteiger partial charge in [0.25, 0.3) is 5.91 Å². The molecule has 3 rings (SSSR count). The van der Waals surface area contributed by atoms with E-state index in [-0.39, 0.29) is 18.9 Å². The van der Waals surface area contributed by atoms with E-state index >= 15 is 0 Å². The lowest BCUT2D eigenvalue weighted by Crippen LogP contribution is -2.53. The maximum Gasteiger partial charge on any atom is 0.270 e. The molecule has 8 heteroatoms. The molecule has 0 spiro atoms. The summed E-state index contributed by atoms with van der Waals surface area (Å²) in [5, 5.41) is 2.61. The Balaban J connectivity index is 1.78. The Kier molecular flexibility index (Phi) is 5.06. The van der Waals surface area contributed by atoms with Crippen molar-refractivity contribution in [3.05, 3.63) is 53.1 Å². The van der Waals surface area contributed by atoms with Crippen LogP contribution in [0.3, 0.4) is 0 Å². The van der Waals surface area contributed by atoms with Gasteiger partial charge in [-0.1, -0.05) is 17.7 Å². The van der Waals surface area contributed by atoms with Gasteiger partial charge in [-0.05, 0) is 44.2 Å². The summed E-state index contributed by atoms with van der Waals surface area (Å²) >= 11 is 6.01. The topological polar surface area (TPSA) is 58.6 Å². The number of hydrogen-bond acceptors (Lipinski definition) is 3. The molecule has 27 heavy (non-hydrogen) atoms. The third-order valence-corrected chi connectivity index (χ3v) is 4.36. The summed E-state index contributed by atoms with van der Waals surface area (Å²) in [6, 6.07) is 8.15. The molecule has 5 nitrogen and oxygen atoms in total. The largest absolute Gasteiger partial charge is 0.476 e. The standard InChI is InChI=1S/C19H17ClF2N2O3/c1-19(2)18(26)24(14-10-11(20)6-7-15(14)27-19)9-8-16(25)23-17-12(21)4-3-5-13(17)22/h3-7,10H,8-9H2,1-2H3,(H,23,25). The van der Waals surface area contributed by atoms with E-state index < -0.39 is 28.8 Å². The number of fused-ring (bicyclic) bond motifs is 1. The van der Waals surface area contributed by atoms with Crippen LogP contribution in [0.15, 0.2) is 36.4 Å². The number of ether oxygens (including phenoxy) is 1. The number of rotatable bonds is 4. The Morgan fingerprint density at radius 3 is 2.56 bits per heavy atom. The molecule has 142 valence electrons. The first-order valence-corrected chi connectivity index (χ1v) is 8.61. The summed E-state index contributed by atoms with van der Waals surface area (Å²) in [4.78, 5) is 26.3. The number of carbonyl (C=O) groups excluding carboxylic acids is 2. The van der Waals surface area contributed by atoms with Crippen LogP contribution in [0.25, 0.3) is 0 Å². The first-order chi connectivity index (χ1) is 12.7. The van der Waals surface area contributed by atoms with Crippen LogP contribution in [0.1, 0.15) is 20.3 Å². The van der Waals surface area contributed by atoms with Crippen molar-refractivity contribution in [2.75, 3.05) is 16.8 Å². The summed E-state index contributed by atoms with van der Waals surface area (Å²) in [5.41, 5.74) is -1.19. The molecule has 2 aromatic rings. The zero-order valence-corrected chi connectivity index (χ0v) is 15.4. The molecular weight excluding hydrogens is 378 g/mol. The van der Waals surface area contributed by atoms with Gasteiger partial charge in [-0.15, -0.1) is 0 Å². The molecule has 1 N–H and O–H groups in total. The lowest BCUT2D eigenvalue weighted by atomic mass is 10.0. The Hall–Kier alpha value is -2.67. The third kappa shape index (κ3) is 3.88. The maximum atomic E-state index is 13.7. The van der Waals surface area contributed by atoms with Gasteiger partial charge in [0.2, 0.25) is 5.91 Å². The lowest BCUT2D eigenvalue weighted by molar-refractivity contribution is -0.132. The van der Waals surface area contributed by atoms with Crippen LogP contribution in [-0.2, 0) is 9.59 Å². The van der Waals surface area contributed by atoms with E-state index in [9.17, 15) is 18.4 Å². The molecule has 1 aliphatic rings. The van der Waals surface area contributed by atoms with Gasteiger partial charge in [-0.25, -0.2) is 8.78 Å². The van der Waals surface area contributed by atoms with E-state index in [1.54, 1.807) is 32.0 Å². The van der Waals surface area contributed by atoms with Gasteiger partial charge in [-0.2, -0.15) is 0 Å². The number of amides is 2. The molecule has 0 bridgehead atoms. The number of para-hydroxylation sites is 1. The van der Waals surface area contributed by atoms with Crippen molar-refractivity contribution in [1.82, 2.24) is 0 Å². The third-order valence-electron chi connectivity index (χ3n) is 4.13. The second-order valence-electron chi connectivity index (χ2n) is 6.58. The Morgan fingerprint density at radius 2 is 1.89 bits per heavy atom. The van der Waals surface area contributed by atoms with Crippen molar-refractivity contribution in [3.63, 3.8) is 0 Å². The van der Waals surface area contributed by atoms with Gasteiger partial charge in [0.1, 0.15) is 23.1 Å². The molecule has 0 aliphatic carbocycles. The van der Waals surface area contributed by atoms with Crippen molar-refractivity contribution in [3.8, 4) is 5.75 Å². The fourth-order valence-corrected chi connectivity index (χ4v) is 2.96. The van der Waals surface area contributed by atoms with Crippen LogP contribution < -0.4 is 15.0 Å². The number of nitrogens with zero attached hydrogens (tertiary/aromatic N) is 1. The molecule has 2 amide bonds. The highest BCUT2D eigenvalue weighted by atomic mass is 35.5. The van der Waals surface area contributed by atoms with E-state index in [0.717, 1.165) is 12.1 Å². The van der Waals surface area contributed by atoms with Crippen LogP contribution >= 0.6 is 11.6 Å². The Morgan fingerprint density at radius 1 is 1.22 bits per heavy atom. The zero-order valence-electron chi connectivity index (χ0n) is 14.7. The molecule has 0 saturated heterocycles. The normalized spacial score (nSPS) is 15.1. The monoisotopic (exact) mass is 394 g/mol. The second kappa shape index (κ2) is 7.15.